The molecular weight excluding hydrogens is 407 g/mol. The Bertz CT molecular complexity index is 934. The quantitative estimate of drug-likeness (QED) is 0.393. The molecule has 0 aromatic heterocycles. The Hall–Kier alpha value is -2.65. The third kappa shape index (κ3) is 8.00. The van der Waals surface area contributed by atoms with Gasteiger partial charge >= 0.3 is 0 Å². The maximum Gasteiger partial charge on any atom is 0.215 e. The van der Waals surface area contributed by atoms with E-state index in [0.29, 0.717) is 24.8 Å². The molecule has 0 saturated carbocycles. The van der Waals surface area contributed by atoms with Crippen LogP contribution in [0.4, 0.5) is 4.39 Å². The maximum absolute atomic E-state index is 13.3. The van der Waals surface area contributed by atoms with Crippen LogP contribution < -0.4 is 20.1 Å². The van der Waals surface area contributed by atoms with Crippen LogP contribution in [0.25, 0.3) is 0 Å². The summed E-state index contributed by atoms with van der Waals surface area (Å²) in [5.41, 5.74) is 1.71. The van der Waals surface area contributed by atoms with E-state index in [1.807, 2.05) is 19.1 Å². The van der Waals surface area contributed by atoms with Crippen molar-refractivity contribution in [3.8, 4) is 5.75 Å². The highest BCUT2D eigenvalue weighted by atomic mass is 32.2. The van der Waals surface area contributed by atoms with E-state index in [9.17, 15) is 12.8 Å². The Balaban J connectivity index is 1.83. The van der Waals surface area contributed by atoms with Crippen molar-refractivity contribution in [3.05, 3.63) is 65.5 Å². The Morgan fingerprint density at radius 1 is 1.13 bits per heavy atom. The fourth-order valence-corrected chi connectivity index (χ4v) is 3.44. The summed E-state index contributed by atoms with van der Waals surface area (Å²) in [5, 5.41) is 6.42. The summed E-state index contributed by atoms with van der Waals surface area (Å²) in [6.07, 6.45) is 0.607. The van der Waals surface area contributed by atoms with Crippen LogP contribution in [0.3, 0.4) is 0 Å². The van der Waals surface area contributed by atoms with Gasteiger partial charge in [0.05, 0.1) is 12.3 Å². The molecule has 0 spiro atoms. The summed E-state index contributed by atoms with van der Waals surface area (Å²) in [6.45, 7) is 3.03. The Kier molecular flexibility index (Phi) is 9.07. The normalized spacial score (nSPS) is 13.0. The second-order valence-electron chi connectivity index (χ2n) is 6.69. The molecule has 0 radical (unpaired) electrons. The lowest BCUT2D eigenvalue weighted by Crippen LogP contribution is -2.42. The summed E-state index contributed by atoms with van der Waals surface area (Å²) < 4.78 is 44.7. The molecule has 1 atom stereocenters. The van der Waals surface area contributed by atoms with Gasteiger partial charge in [0.1, 0.15) is 17.7 Å². The van der Waals surface area contributed by atoms with Gasteiger partial charge in [0.25, 0.3) is 0 Å². The van der Waals surface area contributed by atoms with Crippen LogP contribution in [-0.4, -0.2) is 41.1 Å². The zero-order valence-electron chi connectivity index (χ0n) is 17.5. The minimum absolute atomic E-state index is 0.0514. The third-order valence-electron chi connectivity index (χ3n) is 4.43. The number of hydrogen-bond acceptors (Lipinski definition) is 4. The number of ether oxygens (including phenoxy) is 1. The van der Waals surface area contributed by atoms with Crippen molar-refractivity contribution in [1.29, 1.82) is 0 Å². The fraction of sp³-hybridized carbons (Fsp3) is 0.381. The summed E-state index contributed by atoms with van der Waals surface area (Å²) in [6, 6.07) is 13.4. The molecule has 3 N–H and O–H groups in total. The van der Waals surface area contributed by atoms with Crippen molar-refractivity contribution in [3.63, 3.8) is 0 Å². The predicted octanol–water partition coefficient (Wildman–Crippen LogP) is 2.40. The second kappa shape index (κ2) is 11.5. The molecule has 30 heavy (non-hydrogen) atoms. The fourth-order valence-electron chi connectivity index (χ4n) is 2.66. The highest BCUT2D eigenvalue weighted by Crippen LogP contribution is 2.14. The van der Waals surface area contributed by atoms with E-state index in [2.05, 4.69) is 20.3 Å². The number of sulfonamides is 1. The van der Waals surface area contributed by atoms with Gasteiger partial charge in [0, 0.05) is 19.7 Å². The van der Waals surface area contributed by atoms with Gasteiger partial charge in [-0.3, -0.25) is 4.99 Å². The summed E-state index contributed by atoms with van der Waals surface area (Å²) in [7, 11) is -0.208. The van der Waals surface area contributed by atoms with Gasteiger partial charge in [-0.2, -0.15) is 0 Å². The minimum atomic E-state index is -3.29. The number of benzene rings is 2. The van der Waals surface area contributed by atoms with Crippen LogP contribution in [-0.2, 0) is 22.3 Å². The molecule has 7 nitrogen and oxygen atoms in total. The molecule has 0 heterocycles. The average Bonchev–Trinajstić information content (AvgIpc) is 2.73. The summed E-state index contributed by atoms with van der Waals surface area (Å²) in [4.78, 5) is 4.20. The number of guanidine groups is 1. The van der Waals surface area contributed by atoms with Crippen molar-refractivity contribution in [2.75, 3.05) is 20.6 Å². The highest BCUT2D eigenvalue weighted by Gasteiger charge is 2.11. The Labute approximate surface area is 177 Å². The lowest BCUT2D eigenvalue weighted by atomic mass is 10.1. The summed E-state index contributed by atoms with van der Waals surface area (Å²) >= 11 is 0. The van der Waals surface area contributed by atoms with Gasteiger partial charge < -0.3 is 15.4 Å². The molecule has 9 heteroatoms. The molecule has 0 amide bonds. The van der Waals surface area contributed by atoms with E-state index in [0.717, 1.165) is 17.5 Å². The van der Waals surface area contributed by atoms with Crippen LogP contribution in [0.2, 0.25) is 0 Å². The van der Waals surface area contributed by atoms with Crippen LogP contribution in [0.15, 0.2) is 53.5 Å². The topological polar surface area (TPSA) is 91.8 Å². The molecule has 0 fully saturated rings. The average molecular weight is 437 g/mol. The molecular formula is C21H29FN4O3S. The van der Waals surface area contributed by atoms with E-state index in [1.54, 1.807) is 31.3 Å². The molecule has 1 unspecified atom stereocenters. The van der Waals surface area contributed by atoms with Gasteiger partial charge in [-0.25, -0.2) is 17.5 Å². The minimum Gasteiger partial charge on any atom is -0.489 e. The van der Waals surface area contributed by atoms with Crippen molar-refractivity contribution < 1.29 is 17.5 Å². The van der Waals surface area contributed by atoms with Crippen LogP contribution >= 0.6 is 0 Å². The number of nitrogens with one attached hydrogen (secondary N) is 3. The molecule has 164 valence electrons. The van der Waals surface area contributed by atoms with Crippen molar-refractivity contribution in [2.45, 2.75) is 31.7 Å². The first kappa shape index (κ1) is 23.6. The van der Waals surface area contributed by atoms with Gasteiger partial charge in [-0.05, 0) is 36.7 Å². The molecule has 0 saturated heterocycles. The predicted molar refractivity (Wildman–Crippen MR) is 117 cm³/mol. The number of hydrogen-bond donors (Lipinski definition) is 3. The molecule has 0 aliphatic heterocycles. The van der Waals surface area contributed by atoms with Gasteiger partial charge in [0.15, 0.2) is 5.96 Å². The standard InChI is InChI=1S/C21H29FN4O3S/c1-4-19(29-20-7-5-6-18(22)12-20)14-26-21(23-2)25-13-16-8-10-17(11-9-16)15-30(27,28)24-3/h5-12,19,24H,4,13-15H2,1-3H3,(H2,23,25,26). The molecule has 0 aliphatic carbocycles. The van der Waals surface area contributed by atoms with Gasteiger partial charge in [-0.15, -0.1) is 0 Å². The van der Waals surface area contributed by atoms with E-state index in [-0.39, 0.29) is 17.7 Å². The second-order valence-corrected chi connectivity index (χ2v) is 8.62. The highest BCUT2D eigenvalue weighted by molar-refractivity contribution is 7.88. The van der Waals surface area contributed by atoms with E-state index in [4.69, 9.17) is 4.74 Å². The number of halogens is 1. The monoisotopic (exact) mass is 436 g/mol. The first-order chi connectivity index (χ1) is 14.3. The smallest absolute Gasteiger partial charge is 0.215 e. The molecule has 2 aromatic carbocycles. The van der Waals surface area contributed by atoms with Crippen molar-refractivity contribution in [1.82, 2.24) is 15.4 Å². The largest absolute Gasteiger partial charge is 0.489 e. The SMILES string of the molecule is CCC(CNC(=NC)NCc1ccc(CS(=O)(=O)NC)cc1)Oc1cccc(F)c1. The summed E-state index contributed by atoms with van der Waals surface area (Å²) in [5.74, 6) is 0.719. The van der Waals surface area contributed by atoms with Crippen LogP contribution in [0.5, 0.6) is 5.75 Å². The number of nitrogens with zero attached hydrogens (tertiary/aromatic N) is 1. The van der Waals surface area contributed by atoms with Crippen LogP contribution in [0.1, 0.15) is 24.5 Å². The molecule has 2 rings (SSSR count). The van der Waals surface area contributed by atoms with E-state index in [1.165, 1.54) is 19.2 Å². The van der Waals surface area contributed by atoms with E-state index < -0.39 is 10.0 Å². The maximum atomic E-state index is 13.3. The Morgan fingerprint density at radius 2 is 1.83 bits per heavy atom. The first-order valence-electron chi connectivity index (χ1n) is 9.71. The number of aliphatic imine (C=N–C) groups is 1. The van der Waals surface area contributed by atoms with Crippen molar-refractivity contribution >= 4 is 16.0 Å². The van der Waals surface area contributed by atoms with Crippen LogP contribution in [0, 0.1) is 5.82 Å². The third-order valence-corrected chi connectivity index (χ3v) is 5.76. The lowest BCUT2D eigenvalue weighted by molar-refractivity contribution is 0.199. The lowest BCUT2D eigenvalue weighted by Gasteiger charge is -2.20. The first-order valence-corrected chi connectivity index (χ1v) is 11.4. The molecule has 2 aromatic rings. The zero-order chi connectivity index (χ0) is 22.0. The molecule has 0 bridgehead atoms. The van der Waals surface area contributed by atoms with E-state index >= 15 is 0 Å². The number of rotatable bonds is 10. The zero-order valence-corrected chi connectivity index (χ0v) is 18.3. The van der Waals surface area contributed by atoms with Gasteiger partial charge in [0.2, 0.25) is 10.0 Å². The van der Waals surface area contributed by atoms with Crippen molar-refractivity contribution in [2.24, 2.45) is 4.99 Å². The Morgan fingerprint density at radius 3 is 2.43 bits per heavy atom. The molecule has 0 aliphatic rings. The van der Waals surface area contributed by atoms with Gasteiger partial charge in [-0.1, -0.05) is 37.3 Å².